The Balaban J connectivity index is 1.55. The van der Waals surface area contributed by atoms with Crippen LogP contribution in [-0.2, 0) is 0 Å². The van der Waals surface area contributed by atoms with Gasteiger partial charge in [0.05, 0.1) is 12.7 Å². The normalized spacial score (nSPS) is 18.2. The predicted molar refractivity (Wildman–Crippen MR) is 125 cm³/mol. The molecule has 1 heterocycles. The van der Waals surface area contributed by atoms with Gasteiger partial charge in [-0.25, -0.2) is 9.18 Å². The van der Waals surface area contributed by atoms with Crippen molar-refractivity contribution in [3.63, 3.8) is 0 Å². The van der Waals surface area contributed by atoms with E-state index in [2.05, 4.69) is 11.4 Å². The zero-order chi connectivity index (χ0) is 23.5. The zero-order valence-corrected chi connectivity index (χ0v) is 19.0. The van der Waals surface area contributed by atoms with E-state index in [1.165, 1.54) is 13.2 Å². The molecule has 3 atom stereocenters. The SMILES string of the molecule is COc1cc([C@@H](C)NC[C@H]2C[C@@H](c3cc(C)cc(C(=O)O)c3)c3ccccc3O2)ccc1F. The number of aryl methyl sites for hydroxylation is 1. The molecule has 2 N–H and O–H groups in total. The van der Waals surface area contributed by atoms with Crippen LogP contribution in [0.15, 0.2) is 60.7 Å². The third-order valence-electron chi connectivity index (χ3n) is 6.16. The Morgan fingerprint density at radius 3 is 2.76 bits per heavy atom. The molecule has 0 amide bonds. The van der Waals surface area contributed by atoms with Crippen molar-refractivity contribution >= 4 is 5.97 Å². The third-order valence-corrected chi connectivity index (χ3v) is 6.16. The lowest BCUT2D eigenvalue weighted by Gasteiger charge is -2.33. The van der Waals surface area contributed by atoms with Gasteiger partial charge in [-0.15, -0.1) is 0 Å². The highest BCUT2D eigenvalue weighted by Gasteiger charge is 2.30. The molecule has 5 nitrogen and oxygen atoms in total. The number of carbonyl (C=O) groups is 1. The van der Waals surface area contributed by atoms with Gasteiger partial charge in [0.25, 0.3) is 0 Å². The maximum absolute atomic E-state index is 13.8. The van der Waals surface area contributed by atoms with E-state index >= 15 is 0 Å². The van der Waals surface area contributed by atoms with Crippen molar-refractivity contribution in [3.8, 4) is 11.5 Å². The fourth-order valence-electron chi connectivity index (χ4n) is 4.44. The zero-order valence-electron chi connectivity index (χ0n) is 19.0. The Kier molecular flexibility index (Phi) is 6.65. The lowest BCUT2D eigenvalue weighted by atomic mass is 9.83. The van der Waals surface area contributed by atoms with Crippen LogP contribution in [0, 0.1) is 12.7 Å². The highest BCUT2D eigenvalue weighted by atomic mass is 19.1. The van der Waals surface area contributed by atoms with Gasteiger partial charge >= 0.3 is 5.97 Å². The van der Waals surface area contributed by atoms with Crippen LogP contribution in [0.25, 0.3) is 0 Å². The summed E-state index contributed by atoms with van der Waals surface area (Å²) in [6, 6.07) is 18.2. The van der Waals surface area contributed by atoms with Crippen molar-refractivity contribution in [3.05, 3.63) is 94.3 Å². The van der Waals surface area contributed by atoms with Crippen LogP contribution in [0.5, 0.6) is 11.5 Å². The quantitative estimate of drug-likeness (QED) is 0.500. The molecule has 1 aliphatic heterocycles. The van der Waals surface area contributed by atoms with Gasteiger partial charge in [0.15, 0.2) is 11.6 Å². The van der Waals surface area contributed by atoms with E-state index in [0.717, 1.165) is 28.0 Å². The van der Waals surface area contributed by atoms with Crippen molar-refractivity contribution in [1.29, 1.82) is 0 Å². The van der Waals surface area contributed by atoms with Crippen LogP contribution >= 0.6 is 0 Å². The van der Waals surface area contributed by atoms with E-state index in [9.17, 15) is 14.3 Å². The van der Waals surface area contributed by atoms with Gasteiger partial charge in [-0.1, -0.05) is 30.3 Å². The van der Waals surface area contributed by atoms with E-state index in [0.29, 0.717) is 18.5 Å². The molecule has 0 saturated carbocycles. The van der Waals surface area contributed by atoms with Gasteiger partial charge in [-0.05, 0) is 67.3 Å². The molecule has 0 saturated heterocycles. The van der Waals surface area contributed by atoms with E-state index in [1.54, 1.807) is 24.3 Å². The van der Waals surface area contributed by atoms with Crippen LogP contribution < -0.4 is 14.8 Å². The minimum Gasteiger partial charge on any atom is -0.494 e. The average molecular weight is 450 g/mol. The first-order valence-corrected chi connectivity index (χ1v) is 11.0. The summed E-state index contributed by atoms with van der Waals surface area (Å²) in [5.41, 5.74) is 4.17. The number of para-hydroxylation sites is 1. The Morgan fingerprint density at radius 1 is 1.21 bits per heavy atom. The minimum atomic E-state index is -0.929. The Labute approximate surface area is 193 Å². The molecule has 0 bridgehead atoms. The molecule has 0 spiro atoms. The number of rotatable bonds is 7. The Morgan fingerprint density at radius 2 is 2.00 bits per heavy atom. The van der Waals surface area contributed by atoms with Crippen LogP contribution in [0.3, 0.4) is 0 Å². The summed E-state index contributed by atoms with van der Waals surface area (Å²) in [5.74, 6) is -0.252. The first-order chi connectivity index (χ1) is 15.9. The largest absolute Gasteiger partial charge is 0.494 e. The number of carboxylic acids is 1. The van der Waals surface area contributed by atoms with Crippen molar-refractivity contribution in [2.24, 2.45) is 0 Å². The molecule has 0 unspecified atom stereocenters. The monoisotopic (exact) mass is 449 g/mol. The van der Waals surface area contributed by atoms with Gasteiger partial charge in [-0.2, -0.15) is 0 Å². The lowest BCUT2D eigenvalue weighted by molar-refractivity contribution is 0.0696. The van der Waals surface area contributed by atoms with E-state index in [4.69, 9.17) is 9.47 Å². The summed E-state index contributed by atoms with van der Waals surface area (Å²) in [6.45, 7) is 4.52. The van der Waals surface area contributed by atoms with E-state index in [1.807, 2.05) is 38.1 Å². The first-order valence-electron chi connectivity index (χ1n) is 11.0. The highest BCUT2D eigenvalue weighted by molar-refractivity contribution is 5.88. The molecule has 3 aromatic rings. The summed E-state index contributed by atoms with van der Waals surface area (Å²) in [7, 11) is 1.45. The lowest BCUT2D eigenvalue weighted by Crippen LogP contribution is -2.37. The number of ether oxygens (including phenoxy) is 2. The molecule has 0 radical (unpaired) electrons. The van der Waals surface area contributed by atoms with Gasteiger partial charge in [0.1, 0.15) is 11.9 Å². The third kappa shape index (κ3) is 5.01. The summed E-state index contributed by atoms with van der Waals surface area (Å²) in [5, 5.41) is 13.0. The second-order valence-electron chi connectivity index (χ2n) is 8.53. The first kappa shape index (κ1) is 22.8. The minimum absolute atomic E-state index is 0.0287. The molecule has 0 aliphatic carbocycles. The maximum atomic E-state index is 13.8. The second-order valence-corrected chi connectivity index (χ2v) is 8.53. The number of nitrogens with one attached hydrogen (secondary N) is 1. The summed E-state index contributed by atoms with van der Waals surface area (Å²) < 4.78 is 25.1. The standard InChI is InChI=1S/C27H28FNO4/c1-16-10-19(12-20(11-16)27(30)31)23-14-21(33-25-7-5-4-6-22(23)25)15-29-17(2)18-8-9-24(28)26(13-18)32-3/h4-13,17,21,23,29H,14-15H2,1-3H3,(H,30,31)/t17-,21-,23+/m1/s1. The molecule has 0 fully saturated rings. The highest BCUT2D eigenvalue weighted by Crippen LogP contribution is 2.40. The van der Waals surface area contributed by atoms with Crippen LogP contribution in [0.2, 0.25) is 0 Å². The molecule has 0 aromatic heterocycles. The summed E-state index contributed by atoms with van der Waals surface area (Å²) in [4.78, 5) is 11.6. The van der Waals surface area contributed by atoms with Crippen molar-refractivity contribution < 1.29 is 23.8 Å². The number of fused-ring (bicyclic) bond motifs is 1. The van der Waals surface area contributed by atoms with Crippen molar-refractivity contribution in [2.75, 3.05) is 13.7 Å². The number of hydrogen-bond donors (Lipinski definition) is 2. The molecular formula is C27H28FNO4. The molecular weight excluding hydrogens is 421 g/mol. The molecule has 1 aliphatic rings. The van der Waals surface area contributed by atoms with Crippen molar-refractivity contribution in [2.45, 2.75) is 38.3 Å². The van der Waals surface area contributed by atoms with Gasteiger partial charge in [0, 0.05) is 24.1 Å². The van der Waals surface area contributed by atoms with Gasteiger partial charge in [-0.3, -0.25) is 0 Å². The molecule has 33 heavy (non-hydrogen) atoms. The summed E-state index contributed by atoms with van der Waals surface area (Å²) >= 11 is 0. The number of halogens is 1. The van der Waals surface area contributed by atoms with E-state index in [-0.39, 0.29) is 29.6 Å². The fourth-order valence-corrected chi connectivity index (χ4v) is 4.44. The number of benzene rings is 3. The Bertz CT molecular complexity index is 1160. The fraction of sp³-hybridized carbons (Fsp3) is 0.296. The number of aromatic carboxylic acids is 1. The molecule has 4 rings (SSSR count). The molecule has 172 valence electrons. The van der Waals surface area contributed by atoms with Crippen molar-refractivity contribution in [1.82, 2.24) is 5.32 Å². The van der Waals surface area contributed by atoms with E-state index < -0.39 is 5.97 Å². The van der Waals surface area contributed by atoms with Crippen LogP contribution in [0.1, 0.15) is 57.9 Å². The van der Waals surface area contributed by atoms with Gasteiger partial charge in [0.2, 0.25) is 0 Å². The van der Waals surface area contributed by atoms with Gasteiger partial charge < -0.3 is 19.9 Å². The maximum Gasteiger partial charge on any atom is 0.335 e. The number of carboxylic acid groups (broad SMARTS) is 1. The van der Waals surface area contributed by atoms with Crippen LogP contribution in [-0.4, -0.2) is 30.8 Å². The topological polar surface area (TPSA) is 67.8 Å². The Hall–Kier alpha value is -3.38. The second kappa shape index (κ2) is 9.63. The number of hydrogen-bond acceptors (Lipinski definition) is 4. The number of methoxy groups -OCH3 is 1. The predicted octanol–water partition coefficient (Wildman–Crippen LogP) is 5.47. The van der Waals surface area contributed by atoms with Crippen LogP contribution in [0.4, 0.5) is 4.39 Å². The average Bonchev–Trinajstić information content (AvgIpc) is 2.81. The smallest absolute Gasteiger partial charge is 0.335 e. The summed E-state index contributed by atoms with van der Waals surface area (Å²) in [6.07, 6.45) is 0.606. The molecule has 6 heteroatoms. The molecule has 3 aromatic carbocycles.